The van der Waals surface area contributed by atoms with Crippen molar-refractivity contribution in [2.45, 2.75) is 59.0 Å². The average Bonchev–Trinajstić information content (AvgIpc) is 2.37. The van der Waals surface area contributed by atoms with Crippen molar-refractivity contribution >= 4 is 0 Å². The Balaban J connectivity index is 4.81. The van der Waals surface area contributed by atoms with Crippen LogP contribution in [0.3, 0.4) is 0 Å². The predicted octanol–water partition coefficient (Wildman–Crippen LogP) is 2.08. The summed E-state index contributed by atoms with van der Waals surface area (Å²) in [6.45, 7) is 7.15. The summed E-state index contributed by atoms with van der Waals surface area (Å²) in [5.74, 6) is -1.26. The van der Waals surface area contributed by atoms with Crippen LogP contribution >= 0.6 is 0 Å². The minimum atomic E-state index is -1.26. The number of ether oxygens (including phenoxy) is 6. The molecule has 0 aliphatic heterocycles. The summed E-state index contributed by atoms with van der Waals surface area (Å²) in [5, 5.41) is 0. The number of hydrogen-bond acceptors (Lipinski definition) is 6. The smallest absolute Gasteiger partial charge is 0.289 e. The molecule has 0 aromatic heterocycles. The van der Waals surface area contributed by atoms with Crippen LogP contribution < -0.4 is 0 Å². The van der Waals surface area contributed by atoms with Gasteiger partial charge in [0.1, 0.15) is 0 Å². The van der Waals surface area contributed by atoms with E-state index in [4.69, 9.17) is 28.4 Å². The number of rotatable bonds is 10. The Labute approximate surface area is 109 Å². The summed E-state index contributed by atoms with van der Waals surface area (Å²) in [6, 6.07) is 0. The van der Waals surface area contributed by atoms with Crippen molar-refractivity contribution < 1.29 is 28.4 Å². The predicted molar refractivity (Wildman–Crippen MR) is 65.7 cm³/mol. The molecule has 0 aromatic rings. The highest BCUT2D eigenvalue weighted by Crippen LogP contribution is 2.26. The maximum Gasteiger partial charge on any atom is 0.289 e. The molecule has 3 atom stereocenters. The molecular weight excluding hydrogens is 240 g/mol. The van der Waals surface area contributed by atoms with Gasteiger partial charge in [0.15, 0.2) is 18.9 Å². The van der Waals surface area contributed by atoms with Crippen molar-refractivity contribution in [2.24, 2.45) is 0 Å². The fourth-order valence-corrected chi connectivity index (χ4v) is 1.24. The van der Waals surface area contributed by atoms with Gasteiger partial charge in [-0.25, -0.2) is 0 Å². The fraction of sp³-hybridized carbons (Fsp3) is 1.00. The standard InChI is InChI=1S/C12H26O6/c1-8-12(16-9(2)13-5,17-10(3)14-6)18-11(4)15-7/h9-11H,8H2,1-7H3. The third-order valence-corrected chi connectivity index (χ3v) is 2.47. The van der Waals surface area contributed by atoms with Crippen molar-refractivity contribution in [1.82, 2.24) is 0 Å². The summed E-state index contributed by atoms with van der Waals surface area (Å²) < 4.78 is 32.2. The van der Waals surface area contributed by atoms with E-state index in [1.54, 1.807) is 42.1 Å². The lowest BCUT2D eigenvalue weighted by molar-refractivity contribution is -0.465. The molecule has 0 aromatic carbocycles. The molecule has 0 saturated carbocycles. The van der Waals surface area contributed by atoms with E-state index in [1.807, 2.05) is 6.92 Å². The molecule has 6 heteroatoms. The van der Waals surface area contributed by atoms with Gasteiger partial charge in [0.05, 0.1) is 0 Å². The maximum absolute atomic E-state index is 5.65. The zero-order valence-corrected chi connectivity index (χ0v) is 12.4. The Morgan fingerprint density at radius 3 is 1.17 bits per heavy atom. The lowest BCUT2D eigenvalue weighted by atomic mass is 10.4. The van der Waals surface area contributed by atoms with Gasteiger partial charge in [-0.3, -0.25) is 14.2 Å². The summed E-state index contributed by atoms with van der Waals surface area (Å²) in [4.78, 5) is 0. The van der Waals surface area contributed by atoms with E-state index in [0.717, 1.165) is 0 Å². The van der Waals surface area contributed by atoms with Crippen molar-refractivity contribution in [2.75, 3.05) is 21.3 Å². The fourth-order valence-electron chi connectivity index (χ4n) is 1.24. The third-order valence-electron chi connectivity index (χ3n) is 2.47. The van der Waals surface area contributed by atoms with Crippen molar-refractivity contribution in [3.63, 3.8) is 0 Å². The zero-order chi connectivity index (χ0) is 14.2. The van der Waals surface area contributed by atoms with Crippen LogP contribution in [0.25, 0.3) is 0 Å². The van der Waals surface area contributed by atoms with Gasteiger partial charge in [-0.05, 0) is 20.8 Å². The van der Waals surface area contributed by atoms with E-state index in [2.05, 4.69) is 0 Å². The van der Waals surface area contributed by atoms with Gasteiger partial charge in [0, 0.05) is 27.8 Å². The molecule has 0 amide bonds. The second-order valence-electron chi connectivity index (χ2n) is 3.80. The second kappa shape index (κ2) is 8.79. The van der Waals surface area contributed by atoms with Crippen molar-refractivity contribution in [3.8, 4) is 0 Å². The monoisotopic (exact) mass is 266 g/mol. The Kier molecular flexibility index (Phi) is 8.67. The lowest BCUT2D eigenvalue weighted by Crippen LogP contribution is -2.46. The summed E-state index contributed by atoms with van der Waals surface area (Å²) in [7, 11) is 4.64. The van der Waals surface area contributed by atoms with E-state index in [0.29, 0.717) is 6.42 Å². The van der Waals surface area contributed by atoms with Crippen LogP contribution in [0.5, 0.6) is 0 Å². The molecule has 110 valence electrons. The molecule has 0 radical (unpaired) electrons. The summed E-state index contributed by atoms with van der Waals surface area (Å²) in [6.07, 6.45) is -0.962. The van der Waals surface area contributed by atoms with Crippen molar-refractivity contribution in [1.29, 1.82) is 0 Å². The van der Waals surface area contributed by atoms with Gasteiger partial charge in [-0.1, -0.05) is 6.92 Å². The first kappa shape index (κ1) is 17.8. The average molecular weight is 266 g/mol. The minimum absolute atomic E-state index is 0.460. The molecule has 18 heavy (non-hydrogen) atoms. The molecule has 0 fully saturated rings. The van der Waals surface area contributed by atoms with Gasteiger partial charge in [0.2, 0.25) is 0 Å². The first-order valence-electron chi connectivity index (χ1n) is 6.04. The zero-order valence-electron chi connectivity index (χ0n) is 12.4. The summed E-state index contributed by atoms with van der Waals surface area (Å²) in [5.41, 5.74) is 0. The van der Waals surface area contributed by atoms with Crippen LogP contribution in [0.1, 0.15) is 34.1 Å². The first-order chi connectivity index (χ1) is 8.42. The molecule has 0 rings (SSSR count). The van der Waals surface area contributed by atoms with Gasteiger partial charge < -0.3 is 14.2 Å². The Morgan fingerprint density at radius 1 is 0.722 bits per heavy atom. The van der Waals surface area contributed by atoms with E-state index in [9.17, 15) is 0 Å². The van der Waals surface area contributed by atoms with Crippen LogP contribution in [0, 0.1) is 0 Å². The Morgan fingerprint density at radius 2 is 1.00 bits per heavy atom. The molecule has 0 spiro atoms. The molecule has 0 aliphatic rings. The first-order valence-corrected chi connectivity index (χ1v) is 6.04. The molecule has 0 saturated heterocycles. The van der Waals surface area contributed by atoms with Gasteiger partial charge >= 0.3 is 0 Å². The van der Waals surface area contributed by atoms with Gasteiger partial charge in [-0.2, -0.15) is 0 Å². The van der Waals surface area contributed by atoms with E-state index < -0.39 is 24.8 Å². The highest BCUT2D eigenvalue weighted by atomic mass is 16.9. The van der Waals surface area contributed by atoms with Crippen LogP contribution in [0.2, 0.25) is 0 Å². The molecule has 0 heterocycles. The van der Waals surface area contributed by atoms with E-state index in [1.165, 1.54) is 0 Å². The molecule has 3 unspecified atom stereocenters. The highest BCUT2D eigenvalue weighted by molar-refractivity contribution is 4.58. The SMILES string of the molecule is CCC(OC(C)OC)(OC(C)OC)OC(C)OC. The maximum atomic E-state index is 5.65. The van der Waals surface area contributed by atoms with Gasteiger partial charge in [-0.15, -0.1) is 0 Å². The Bertz CT molecular complexity index is 179. The van der Waals surface area contributed by atoms with Crippen LogP contribution in [0.4, 0.5) is 0 Å². The topological polar surface area (TPSA) is 55.4 Å². The Hall–Kier alpha value is -0.240. The quantitative estimate of drug-likeness (QED) is 0.564. The molecule has 0 N–H and O–H groups in total. The van der Waals surface area contributed by atoms with E-state index in [-0.39, 0.29) is 0 Å². The van der Waals surface area contributed by atoms with Crippen LogP contribution in [-0.4, -0.2) is 46.2 Å². The summed E-state index contributed by atoms with van der Waals surface area (Å²) >= 11 is 0. The normalized spacial score (nSPS) is 20.2. The molecule has 6 nitrogen and oxygen atoms in total. The van der Waals surface area contributed by atoms with Crippen molar-refractivity contribution in [3.05, 3.63) is 0 Å². The minimum Gasteiger partial charge on any atom is -0.356 e. The molecular formula is C12H26O6. The second-order valence-corrected chi connectivity index (χ2v) is 3.80. The number of methoxy groups -OCH3 is 3. The molecule has 0 aliphatic carbocycles. The molecule has 0 bridgehead atoms. The van der Waals surface area contributed by atoms with Crippen LogP contribution in [-0.2, 0) is 28.4 Å². The highest BCUT2D eigenvalue weighted by Gasteiger charge is 2.38. The third kappa shape index (κ3) is 6.08. The lowest BCUT2D eigenvalue weighted by Gasteiger charge is -2.37. The largest absolute Gasteiger partial charge is 0.356 e. The number of hydrogen-bond donors (Lipinski definition) is 0. The van der Waals surface area contributed by atoms with Gasteiger partial charge in [0.25, 0.3) is 5.97 Å². The van der Waals surface area contributed by atoms with Crippen LogP contribution in [0.15, 0.2) is 0 Å². The van der Waals surface area contributed by atoms with E-state index >= 15 is 0 Å².